The predicted octanol–water partition coefficient (Wildman–Crippen LogP) is 1.01. The Morgan fingerprint density at radius 2 is 1.66 bits per heavy atom. The molecule has 0 spiro atoms. The molecule has 13 unspecified atom stereocenters. The highest BCUT2D eigenvalue weighted by Gasteiger charge is 2.72. The summed E-state index contributed by atoms with van der Waals surface area (Å²) >= 11 is 0. The molecule has 0 radical (unpaired) electrons. The molecule has 0 aromatic heterocycles. The molecular formula is C29H44O9. The lowest BCUT2D eigenvalue weighted by molar-refractivity contribution is -0.211. The first kappa shape index (κ1) is 28.2. The molecule has 3 saturated carbocycles. The number of ether oxygens (including phenoxy) is 1. The van der Waals surface area contributed by atoms with Gasteiger partial charge in [0.2, 0.25) is 0 Å². The van der Waals surface area contributed by atoms with Crippen molar-refractivity contribution in [2.75, 3.05) is 0 Å². The number of ketones is 1. The van der Waals surface area contributed by atoms with Crippen molar-refractivity contribution in [3.8, 4) is 0 Å². The number of cyclic esters (lactones) is 1. The highest BCUT2D eigenvalue weighted by atomic mass is 16.6. The van der Waals surface area contributed by atoms with Crippen LogP contribution in [0.15, 0.2) is 11.6 Å². The molecule has 214 valence electrons. The fraction of sp³-hybridized carbons (Fsp3) is 0.862. The fourth-order valence-corrected chi connectivity index (χ4v) is 9.38. The summed E-state index contributed by atoms with van der Waals surface area (Å²) in [6.45, 7) is 8.83. The van der Waals surface area contributed by atoms with Crippen LogP contribution in [0.4, 0.5) is 0 Å². The Bertz CT molecular complexity index is 1050. The van der Waals surface area contributed by atoms with Gasteiger partial charge in [-0.2, -0.15) is 0 Å². The smallest absolute Gasteiger partial charge is 0.309 e. The van der Waals surface area contributed by atoms with Gasteiger partial charge in [-0.1, -0.05) is 20.8 Å². The summed E-state index contributed by atoms with van der Waals surface area (Å²) in [5, 5.41) is 67.8. The highest BCUT2D eigenvalue weighted by Crippen LogP contribution is 2.69. The lowest BCUT2D eigenvalue weighted by Crippen LogP contribution is -2.69. The predicted molar refractivity (Wildman–Crippen MR) is 135 cm³/mol. The van der Waals surface area contributed by atoms with Crippen LogP contribution >= 0.6 is 0 Å². The molecule has 13 atom stereocenters. The summed E-state index contributed by atoms with van der Waals surface area (Å²) in [5.41, 5.74) is -6.26. The zero-order valence-corrected chi connectivity index (χ0v) is 23.1. The molecule has 4 aliphatic carbocycles. The number of fused-ring (bicyclic) bond motifs is 5. The van der Waals surface area contributed by atoms with Gasteiger partial charge in [0.1, 0.15) is 11.7 Å². The Labute approximate surface area is 223 Å². The number of hydrogen-bond acceptors (Lipinski definition) is 9. The van der Waals surface area contributed by atoms with Gasteiger partial charge >= 0.3 is 5.97 Å². The number of rotatable bonds is 4. The van der Waals surface area contributed by atoms with Crippen LogP contribution in [0.2, 0.25) is 0 Å². The van der Waals surface area contributed by atoms with Gasteiger partial charge in [0.15, 0.2) is 5.78 Å². The Kier molecular flexibility index (Phi) is 6.36. The minimum atomic E-state index is -1.84. The normalized spacial score (nSPS) is 52.8. The van der Waals surface area contributed by atoms with Gasteiger partial charge in [0.25, 0.3) is 0 Å². The van der Waals surface area contributed by atoms with Crippen LogP contribution in [0.1, 0.15) is 79.6 Å². The largest absolute Gasteiger partial charge is 0.462 e. The number of carbonyl (C=O) groups is 2. The molecule has 0 aromatic carbocycles. The van der Waals surface area contributed by atoms with Crippen molar-refractivity contribution in [2.24, 2.45) is 34.5 Å². The molecule has 1 aliphatic heterocycles. The van der Waals surface area contributed by atoms with Crippen molar-refractivity contribution < 1.29 is 45.0 Å². The molecule has 5 rings (SSSR count). The standard InChI is InChI=1S/C29H44O9/c1-14-16(15(2)38-24(14)34)10-22(32)27(5,35)21-7-9-28(36)18-11-23(33)29(37)13-20(31)19(30)12-26(29,4)17(18)6-8-25(21,28)3/h11,14-17,19-22,30-32,35-37H,6-10,12-13H2,1-5H3. The maximum atomic E-state index is 13.4. The molecule has 1 saturated heterocycles. The molecule has 9 nitrogen and oxygen atoms in total. The van der Waals surface area contributed by atoms with E-state index in [2.05, 4.69) is 0 Å². The molecule has 4 fully saturated rings. The van der Waals surface area contributed by atoms with E-state index >= 15 is 0 Å². The van der Waals surface area contributed by atoms with Crippen molar-refractivity contribution in [3.63, 3.8) is 0 Å². The minimum absolute atomic E-state index is 0.0314. The van der Waals surface area contributed by atoms with E-state index < -0.39 is 57.6 Å². The molecule has 0 amide bonds. The van der Waals surface area contributed by atoms with Crippen LogP contribution in [0.3, 0.4) is 0 Å². The van der Waals surface area contributed by atoms with Crippen LogP contribution in [-0.4, -0.2) is 83.6 Å². The van der Waals surface area contributed by atoms with Crippen LogP contribution in [0.25, 0.3) is 0 Å². The van der Waals surface area contributed by atoms with E-state index in [0.29, 0.717) is 24.8 Å². The summed E-state index contributed by atoms with van der Waals surface area (Å²) in [7, 11) is 0. The van der Waals surface area contributed by atoms with Crippen molar-refractivity contribution in [3.05, 3.63) is 11.6 Å². The highest BCUT2D eigenvalue weighted by molar-refractivity contribution is 6.00. The SMILES string of the molecule is CC1OC(=O)C(C)C1CC(O)C(C)(O)C1CCC2(O)C3=CC(=O)C4(O)CC(O)C(O)CC4(C)C3CCC12C. The molecule has 0 bridgehead atoms. The van der Waals surface area contributed by atoms with Crippen LogP contribution in [-0.2, 0) is 14.3 Å². The van der Waals surface area contributed by atoms with Gasteiger partial charge in [-0.25, -0.2) is 0 Å². The van der Waals surface area contributed by atoms with Gasteiger partial charge in [-0.3, -0.25) is 9.59 Å². The molecular weight excluding hydrogens is 492 g/mol. The van der Waals surface area contributed by atoms with Gasteiger partial charge in [0, 0.05) is 23.2 Å². The monoisotopic (exact) mass is 536 g/mol. The van der Waals surface area contributed by atoms with Crippen LogP contribution in [0, 0.1) is 34.5 Å². The van der Waals surface area contributed by atoms with E-state index in [1.165, 1.54) is 6.08 Å². The summed E-state index contributed by atoms with van der Waals surface area (Å²) in [5.74, 6) is -2.39. The number of esters is 1. The van der Waals surface area contributed by atoms with Crippen LogP contribution < -0.4 is 0 Å². The lowest BCUT2D eigenvalue weighted by atomic mass is 9.44. The number of hydrogen-bond donors (Lipinski definition) is 6. The average molecular weight is 537 g/mol. The zero-order chi connectivity index (χ0) is 28.2. The Hall–Kier alpha value is -1.36. The fourth-order valence-electron chi connectivity index (χ4n) is 9.38. The van der Waals surface area contributed by atoms with E-state index in [1.54, 1.807) is 27.7 Å². The Morgan fingerprint density at radius 1 is 1.03 bits per heavy atom. The van der Waals surface area contributed by atoms with Gasteiger partial charge < -0.3 is 35.4 Å². The van der Waals surface area contributed by atoms with E-state index in [-0.39, 0.29) is 55.5 Å². The molecule has 9 heteroatoms. The lowest BCUT2D eigenvalue weighted by Gasteiger charge is -2.62. The minimum Gasteiger partial charge on any atom is -0.462 e. The average Bonchev–Trinajstić information content (AvgIpc) is 3.24. The molecule has 0 aromatic rings. The van der Waals surface area contributed by atoms with E-state index in [0.717, 1.165) is 0 Å². The molecule has 38 heavy (non-hydrogen) atoms. The maximum Gasteiger partial charge on any atom is 0.309 e. The van der Waals surface area contributed by atoms with E-state index in [1.807, 2.05) is 6.92 Å². The van der Waals surface area contributed by atoms with Crippen molar-refractivity contribution >= 4 is 11.8 Å². The number of carbonyl (C=O) groups excluding carboxylic acids is 2. The first-order valence-electron chi connectivity index (χ1n) is 14.1. The summed E-state index contributed by atoms with van der Waals surface area (Å²) in [6.07, 6.45) is -0.805. The van der Waals surface area contributed by atoms with Crippen molar-refractivity contribution in [1.29, 1.82) is 0 Å². The molecule has 5 aliphatic rings. The quantitative estimate of drug-likeness (QED) is 0.288. The van der Waals surface area contributed by atoms with Gasteiger partial charge in [-0.05, 0) is 75.9 Å². The van der Waals surface area contributed by atoms with Crippen molar-refractivity contribution in [2.45, 2.75) is 121 Å². The summed E-state index contributed by atoms with van der Waals surface area (Å²) < 4.78 is 5.33. The summed E-state index contributed by atoms with van der Waals surface area (Å²) in [6, 6.07) is 0. The number of aliphatic hydroxyl groups excluding tert-OH is 3. The van der Waals surface area contributed by atoms with Crippen molar-refractivity contribution in [1.82, 2.24) is 0 Å². The zero-order valence-electron chi connectivity index (χ0n) is 23.1. The second-order valence-corrected chi connectivity index (χ2v) is 13.8. The van der Waals surface area contributed by atoms with E-state index in [4.69, 9.17) is 4.74 Å². The second-order valence-electron chi connectivity index (χ2n) is 13.8. The third kappa shape index (κ3) is 3.45. The van der Waals surface area contributed by atoms with E-state index in [9.17, 15) is 40.2 Å². The third-order valence-corrected chi connectivity index (χ3v) is 12.1. The van der Waals surface area contributed by atoms with Crippen LogP contribution in [0.5, 0.6) is 0 Å². The molecule has 6 N–H and O–H groups in total. The van der Waals surface area contributed by atoms with Gasteiger partial charge in [-0.15, -0.1) is 0 Å². The topological polar surface area (TPSA) is 165 Å². The Morgan fingerprint density at radius 3 is 2.26 bits per heavy atom. The Balaban J connectivity index is 1.47. The summed E-state index contributed by atoms with van der Waals surface area (Å²) in [4.78, 5) is 25.4. The maximum absolute atomic E-state index is 13.4. The van der Waals surface area contributed by atoms with Gasteiger partial charge in [0.05, 0.1) is 35.4 Å². The third-order valence-electron chi connectivity index (χ3n) is 12.1. The number of aliphatic hydroxyl groups is 6. The first-order chi connectivity index (χ1) is 17.4. The second kappa shape index (κ2) is 8.57. The molecule has 1 heterocycles. The first-order valence-corrected chi connectivity index (χ1v) is 14.1.